The molecule has 0 bridgehead atoms. The summed E-state index contributed by atoms with van der Waals surface area (Å²) < 4.78 is 1.95. The molecule has 0 aliphatic carbocycles. The second-order valence-corrected chi connectivity index (χ2v) is 5.49. The zero-order valence-corrected chi connectivity index (χ0v) is 11.9. The molecule has 2 aromatic rings. The van der Waals surface area contributed by atoms with Crippen LogP contribution in [0.25, 0.3) is 0 Å². The molecule has 2 heterocycles. The van der Waals surface area contributed by atoms with Gasteiger partial charge in [-0.05, 0) is 23.9 Å². The highest BCUT2D eigenvalue weighted by molar-refractivity contribution is 7.10. The van der Waals surface area contributed by atoms with Crippen molar-refractivity contribution in [3.8, 4) is 0 Å². The zero-order chi connectivity index (χ0) is 12.8. The van der Waals surface area contributed by atoms with E-state index in [4.69, 9.17) is 0 Å². The lowest BCUT2D eigenvalue weighted by Crippen LogP contribution is -2.23. The normalized spacial score (nSPS) is 12.8. The molecular formula is C14H21N3S. The Balaban J connectivity index is 1.85. The third kappa shape index (κ3) is 3.43. The van der Waals surface area contributed by atoms with Crippen LogP contribution in [0.4, 0.5) is 0 Å². The Bertz CT molecular complexity index is 447. The monoisotopic (exact) mass is 263 g/mol. The van der Waals surface area contributed by atoms with Gasteiger partial charge in [0.1, 0.15) is 0 Å². The van der Waals surface area contributed by atoms with Crippen molar-refractivity contribution in [1.29, 1.82) is 0 Å². The first-order valence-electron chi connectivity index (χ1n) is 6.55. The predicted octanol–water partition coefficient (Wildman–Crippen LogP) is 3.16. The van der Waals surface area contributed by atoms with Crippen LogP contribution in [0, 0.1) is 0 Å². The van der Waals surface area contributed by atoms with Crippen molar-refractivity contribution >= 4 is 11.3 Å². The average Bonchev–Trinajstić information content (AvgIpc) is 3.00. The van der Waals surface area contributed by atoms with Gasteiger partial charge in [0.2, 0.25) is 0 Å². The molecule has 2 aromatic heterocycles. The number of aryl methyl sites for hydroxylation is 1. The lowest BCUT2D eigenvalue weighted by atomic mass is 10.1. The van der Waals surface area contributed by atoms with Crippen LogP contribution in [-0.2, 0) is 13.5 Å². The first-order valence-corrected chi connectivity index (χ1v) is 7.43. The number of thiophene rings is 1. The third-order valence-electron chi connectivity index (χ3n) is 3.16. The van der Waals surface area contributed by atoms with Crippen molar-refractivity contribution in [3.05, 3.63) is 40.3 Å². The van der Waals surface area contributed by atoms with Crippen molar-refractivity contribution in [2.24, 2.45) is 7.05 Å². The predicted molar refractivity (Wildman–Crippen MR) is 76.9 cm³/mol. The SMILES string of the molecule is CCCC(NCCc1ccnn1C)c1cccs1. The smallest absolute Gasteiger partial charge is 0.0492 e. The molecule has 3 nitrogen and oxygen atoms in total. The van der Waals surface area contributed by atoms with Gasteiger partial charge in [0.15, 0.2) is 0 Å². The Morgan fingerprint density at radius 3 is 2.94 bits per heavy atom. The van der Waals surface area contributed by atoms with E-state index in [9.17, 15) is 0 Å². The van der Waals surface area contributed by atoms with Gasteiger partial charge in [0.05, 0.1) is 0 Å². The molecule has 0 aromatic carbocycles. The molecule has 4 heteroatoms. The van der Waals surface area contributed by atoms with Gasteiger partial charge in [-0.25, -0.2) is 0 Å². The summed E-state index contributed by atoms with van der Waals surface area (Å²) in [6.07, 6.45) is 5.30. The molecule has 0 radical (unpaired) electrons. The summed E-state index contributed by atoms with van der Waals surface area (Å²) in [4.78, 5) is 1.45. The number of rotatable bonds is 7. The van der Waals surface area contributed by atoms with Crippen LogP contribution in [0.15, 0.2) is 29.8 Å². The Morgan fingerprint density at radius 1 is 1.44 bits per heavy atom. The fourth-order valence-electron chi connectivity index (χ4n) is 2.14. The summed E-state index contributed by atoms with van der Waals surface area (Å²) >= 11 is 1.84. The maximum Gasteiger partial charge on any atom is 0.0492 e. The maximum absolute atomic E-state index is 4.19. The van der Waals surface area contributed by atoms with Crippen LogP contribution in [-0.4, -0.2) is 16.3 Å². The molecular weight excluding hydrogens is 242 g/mol. The highest BCUT2D eigenvalue weighted by Gasteiger charge is 2.10. The second-order valence-electron chi connectivity index (χ2n) is 4.51. The molecule has 0 saturated carbocycles. The Labute approximate surface area is 113 Å². The van der Waals surface area contributed by atoms with Gasteiger partial charge in [0, 0.05) is 42.8 Å². The van der Waals surface area contributed by atoms with Gasteiger partial charge < -0.3 is 5.32 Å². The number of aromatic nitrogens is 2. The molecule has 1 unspecified atom stereocenters. The van der Waals surface area contributed by atoms with Crippen LogP contribution >= 0.6 is 11.3 Å². The van der Waals surface area contributed by atoms with E-state index < -0.39 is 0 Å². The highest BCUT2D eigenvalue weighted by Crippen LogP contribution is 2.22. The minimum Gasteiger partial charge on any atom is -0.309 e. The molecule has 0 fully saturated rings. The first-order chi connectivity index (χ1) is 8.81. The van der Waals surface area contributed by atoms with E-state index in [1.54, 1.807) is 0 Å². The maximum atomic E-state index is 4.19. The van der Waals surface area contributed by atoms with E-state index >= 15 is 0 Å². The van der Waals surface area contributed by atoms with Crippen molar-refractivity contribution in [1.82, 2.24) is 15.1 Å². The standard InChI is InChI=1S/C14H21N3S/c1-3-5-13(14-6-4-11-18-14)15-9-7-12-8-10-16-17(12)2/h4,6,8,10-11,13,15H,3,5,7,9H2,1-2H3. The second kappa shape index (κ2) is 6.71. The summed E-state index contributed by atoms with van der Waals surface area (Å²) in [5, 5.41) is 10.0. The largest absolute Gasteiger partial charge is 0.309 e. The molecule has 0 spiro atoms. The van der Waals surface area contributed by atoms with Crippen LogP contribution in [0.5, 0.6) is 0 Å². The molecule has 1 atom stereocenters. The van der Waals surface area contributed by atoms with Gasteiger partial charge in [-0.1, -0.05) is 19.4 Å². The van der Waals surface area contributed by atoms with E-state index in [1.165, 1.54) is 23.4 Å². The van der Waals surface area contributed by atoms with Gasteiger partial charge in [-0.15, -0.1) is 11.3 Å². The van der Waals surface area contributed by atoms with E-state index in [0.29, 0.717) is 6.04 Å². The fourth-order valence-corrected chi connectivity index (χ4v) is 2.98. The van der Waals surface area contributed by atoms with Crippen LogP contribution in [0.3, 0.4) is 0 Å². The number of hydrogen-bond donors (Lipinski definition) is 1. The molecule has 0 amide bonds. The van der Waals surface area contributed by atoms with Crippen LogP contribution in [0.2, 0.25) is 0 Å². The van der Waals surface area contributed by atoms with Crippen LogP contribution in [0.1, 0.15) is 36.4 Å². The van der Waals surface area contributed by atoms with Crippen LogP contribution < -0.4 is 5.32 Å². The molecule has 0 aliphatic heterocycles. The Morgan fingerprint density at radius 2 is 2.33 bits per heavy atom. The topological polar surface area (TPSA) is 29.9 Å². The molecule has 98 valence electrons. The van der Waals surface area contributed by atoms with E-state index in [1.807, 2.05) is 29.3 Å². The van der Waals surface area contributed by atoms with Crippen molar-refractivity contribution in [3.63, 3.8) is 0 Å². The lowest BCUT2D eigenvalue weighted by molar-refractivity contribution is 0.499. The average molecular weight is 263 g/mol. The van der Waals surface area contributed by atoms with Gasteiger partial charge in [-0.2, -0.15) is 5.10 Å². The van der Waals surface area contributed by atoms with Gasteiger partial charge >= 0.3 is 0 Å². The summed E-state index contributed by atoms with van der Waals surface area (Å²) in [7, 11) is 2.00. The minimum atomic E-state index is 0.503. The fraction of sp³-hybridized carbons (Fsp3) is 0.500. The van der Waals surface area contributed by atoms with Crippen molar-refractivity contribution < 1.29 is 0 Å². The Hall–Kier alpha value is -1.13. The van der Waals surface area contributed by atoms with Gasteiger partial charge in [-0.3, -0.25) is 4.68 Å². The quantitative estimate of drug-likeness (QED) is 0.831. The number of nitrogens with one attached hydrogen (secondary N) is 1. The van der Waals surface area contributed by atoms with E-state index in [0.717, 1.165) is 13.0 Å². The highest BCUT2D eigenvalue weighted by atomic mass is 32.1. The first kappa shape index (κ1) is 13.3. The summed E-state index contributed by atoms with van der Waals surface area (Å²) in [5.74, 6) is 0. The van der Waals surface area contributed by atoms with Crippen molar-refractivity contribution in [2.75, 3.05) is 6.54 Å². The number of nitrogens with zero attached hydrogens (tertiary/aromatic N) is 2. The zero-order valence-electron chi connectivity index (χ0n) is 11.1. The minimum absolute atomic E-state index is 0.503. The molecule has 0 aliphatic rings. The summed E-state index contributed by atoms with van der Waals surface area (Å²) in [6.45, 7) is 3.24. The number of hydrogen-bond acceptors (Lipinski definition) is 3. The molecule has 2 rings (SSSR count). The lowest BCUT2D eigenvalue weighted by Gasteiger charge is -2.16. The van der Waals surface area contributed by atoms with E-state index in [2.05, 4.69) is 40.9 Å². The summed E-state index contributed by atoms with van der Waals surface area (Å²) in [5.41, 5.74) is 1.28. The molecule has 18 heavy (non-hydrogen) atoms. The third-order valence-corrected chi connectivity index (χ3v) is 4.14. The molecule has 0 saturated heterocycles. The summed E-state index contributed by atoms with van der Waals surface area (Å²) in [6, 6.07) is 6.94. The van der Waals surface area contributed by atoms with E-state index in [-0.39, 0.29) is 0 Å². The van der Waals surface area contributed by atoms with Gasteiger partial charge in [0.25, 0.3) is 0 Å². The Kier molecular flexibility index (Phi) is 4.96. The molecule has 1 N–H and O–H groups in total. The van der Waals surface area contributed by atoms with Crippen molar-refractivity contribution in [2.45, 2.75) is 32.2 Å².